The Kier molecular flexibility index (Phi) is 3.66. The van der Waals surface area contributed by atoms with Crippen molar-refractivity contribution in [2.24, 2.45) is 0 Å². The van der Waals surface area contributed by atoms with Gasteiger partial charge in [0.2, 0.25) is 0 Å². The number of amides is 1. The van der Waals surface area contributed by atoms with Crippen LogP contribution in [0.15, 0.2) is 39.8 Å². The van der Waals surface area contributed by atoms with Crippen LogP contribution in [0.25, 0.3) is 0 Å². The lowest BCUT2D eigenvalue weighted by Crippen LogP contribution is -2.30. The van der Waals surface area contributed by atoms with Gasteiger partial charge >= 0.3 is 0 Å². The van der Waals surface area contributed by atoms with E-state index in [2.05, 4.69) is 37.7 Å². The van der Waals surface area contributed by atoms with Crippen LogP contribution in [-0.2, 0) is 0 Å². The van der Waals surface area contributed by atoms with Crippen LogP contribution in [0.4, 0.5) is 0 Å². The van der Waals surface area contributed by atoms with Crippen molar-refractivity contribution in [1.82, 2.24) is 9.88 Å². The van der Waals surface area contributed by atoms with E-state index in [0.717, 1.165) is 19.4 Å². The van der Waals surface area contributed by atoms with E-state index in [0.29, 0.717) is 10.2 Å². The van der Waals surface area contributed by atoms with Gasteiger partial charge in [0.05, 0.1) is 6.04 Å². The summed E-state index contributed by atoms with van der Waals surface area (Å²) >= 11 is 5.00. The topological polar surface area (TPSA) is 33.2 Å². The Morgan fingerprint density at radius 2 is 2.37 bits per heavy atom. The first-order valence-electron chi connectivity index (χ1n) is 6.20. The van der Waals surface area contributed by atoms with Crippen molar-refractivity contribution in [2.75, 3.05) is 6.54 Å². The highest BCUT2D eigenvalue weighted by Crippen LogP contribution is 2.34. The van der Waals surface area contributed by atoms with Gasteiger partial charge in [-0.15, -0.1) is 0 Å². The SMILES string of the molecule is O=C(c1ccnc(Br)c1)N1CCCC1c1ccsc1. The highest BCUT2D eigenvalue weighted by molar-refractivity contribution is 9.10. The molecule has 0 radical (unpaired) electrons. The Hall–Kier alpha value is -1.20. The Balaban J connectivity index is 1.87. The third kappa shape index (κ3) is 2.58. The number of rotatable bonds is 2. The molecule has 0 spiro atoms. The normalized spacial score (nSPS) is 18.8. The minimum Gasteiger partial charge on any atom is -0.332 e. The predicted molar refractivity (Wildman–Crippen MR) is 79.3 cm³/mol. The lowest BCUT2D eigenvalue weighted by molar-refractivity contribution is 0.0735. The molecule has 0 bridgehead atoms. The van der Waals surface area contributed by atoms with Crippen LogP contribution in [-0.4, -0.2) is 22.3 Å². The van der Waals surface area contributed by atoms with Gasteiger partial charge < -0.3 is 4.90 Å². The smallest absolute Gasteiger partial charge is 0.254 e. The quantitative estimate of drug-likeness (QED) is 0.779. The first-order valence-corrected chi connectivity index (χ1v) is 7.94. The van der Waals surface area contributed by atoms with Gasteiger partial charge in [0.25, 0.3) is 5.91 Å². The minimum absolute atomic E-state index is 0.0943. The van der Waals surface area contributed by atoms with Gasteiger partial charge in [-0.25, -0.2) is 4.98 Å². The van der Waals surface area contributed by atoms with Crippen molar-refractivity contribution >= 4 is 33.2 Å². The maximum Gasteiger partial charge on any atom is 0.254 e. The van der Waals surface area contributed by atoms with Crippen LogP contribution in [0.5, 0.6) is 0 Å². The number of nitrogens with zero attached hydrogens (tertiary/aromatic N) is 2. The fourth-order valence-corrected chi connectivity index (χ4v) is 3.59. The number of aromatic nitrogens is 1. The van der Waals surface area contributed by atoms with Gasteiger partial charge in [0.15, 0.2) is 0 Å². The van der Waals surface area contributed by atoms with Crippen molar-refractivity contribution in [1.29, 1.82) is 0 Å². The zero-order valence-electron chi connectivity index (χ0n) is 10.3. The van der Waals surface area contributed by atoms with Crippen LogP contribution in [0.3, 0.4) is 0 Å². The van der Waals surface area contributed by atoms with Crippen molar-refractivity contribution < 1.29 is 4.79 Å². The van der Waals surface area contributed by atoms with E-state index in [9.17, 15) is 4.79 Å². The third-order valence-electron chi connectivity index (χ3n) is 3.42. The second-order valence-electron chi connectivity index (χ2n) is 4.58. The van der Waals surface area contributed by atoms with Crippen molar-refractivity contribution in [3.63, 3.8) is 0 Å². The maximum atomic E-state index is 12.6. The Morgan fingerprint density at radius 3 is 3.11 bits per heavy atom. The van der Waals surface area contributed by atoms with Gasteiger partial charge in [-0.3, -0.25) is 4.79 Å². The van der Waals surface area contributed by atoms with E-state index in [4.69, 9.17) is 0 Å². The summed E-state index contributed by atoms with van der Waals surface area (Å²) in [6.45, 7) is 0.833. The molecule has 1 aliphatic rings. The van der Waals surface area contributed by atoms with Crippen LogP contribution in [0.2, 0.25) is 0 Å². The predicted octanol–water partition coefficient (Wildman–Crippen LogP) is 3.88. The van der Waals surface area contributed by atoms with E-state index in [1.807, 2.05) is 4.90 Å². The summed E-state index contributed by atoms with van der Waals surface area (Å²) in [6.07, 6.45) is 3.78. The average molecular weight is 337 g/mol. The number of halogens is 1. The largest absolute Gasteiger partial charge is 0.332 e. The van der Waals surface area contributed by atoms with Crippen LogP contribution < -0.4 is 0 Å². The summed E-state index contributed by atoms with van der Waals surface area (Å²) in [7, 11) is 0. The molecule has 0 aromatic carbocycles. The molecule has 1 aliphatic heterocycles. The summed E-state index contributed by atoms with van der Waals surface area (Å²) in [5.74, 6) is 0.0943. The average Bonchev–Trinajstić information content (AvgIpc) is 3.08. The van der Waals surface area contributed by atoms with Crippen LogP contribution in [0.1, 0.15) is 34.8 Å². The summed E-state index contributed by atoms with van der Waals surface area (Å²) < 4.78 is 0.699. The van der Waals surface area contributed by atoms with Crippen molar-refractivity contribution in [3.05, 3.63) is 50.9 Å². The van der Waals surface area contributed by atoms with E-state index < -0.39 is 0 Å². The van der Waals surface area contributed by atoms with E-state index in [1.54, 1.807) is 29.7 Å². The van der Waals surface area contributed by atoms with Gasteiger partial charge in [0, 0.05) is 18.3 Å². The lowest BCUT2D eigenvalue weighted by atomic mass is 10.1. The number of thiophene rings is 1. The number of carbonyl (C=O) groups excluding carboxylic acids is 1. The standard InChI is InChI=1S/C14H13BrN2OS/c15-13-8-10(3-5-16-13)14(18)17-6-1-2-12(17)11-4-7-19-9-11/h3-5,7-9,12H,1-2,6H2. The molecule has 3 rings (SSSR count). The lowest BCUT2D eigenvalue weighted by Gasteiger charge is -2.24. The number of pyridine rings is 1. The maximum absolute atomic E-state index is 12.6. The molecule has 2 aromatic heterocycles. The van der Waals surface area contributed by atoms with Gasteiger partial charge in [-0.05, 0) is 63.3 Å². The molecule has 2 aromatic rings. The Labute approximate surface area is 124 Å². The molecule has 0 aliphatic carbocycles. The van der Waals surface area contributed by atoms with Crippen molar-refractivity contribution in [3.8, 4) is 0 Å². The third-order valence-corrected chi connectivity index (χ3v) is 4.55. The second kappa shape index (κ2) is 5.43. The van der Waals surface area contributed by atoms with Gasteiger partial charge in [-0.1, -0.05) is 0 Å². The summed E-state index contributed by atoms with van der Waals surface area (Å²) in [5.41, 5.74) is 1.95. The zero-order chi connectivity index (χ0) is 13.2. The van der Waals surface area contributed by atoms with E-state index in [-0.39, 0.29) is 11.9 Å². The molecular formula is C14H13BrN2OS. The number of carbonyl (C=O) groups is 1. The number of likely N-dealkylation sites (tertiary alicyclic amines) is 1. The molecule has 98 valence electrons. The first-order chi connectivity index (χ1) is 9.25. The van der Waals surface area contributed by atoms with Crippen LogP contribution in [0, 0.1) is 0 Å². The molecule has 1 amide bonds. The molecule has 5 heteroatoms. The van der Waals surface area contributed by atoms with E-state index in [1.165, 1.54) is 5.56 Å². The highest BCUT2D eigenvalue weighted by Gasteiger charge is 2.30. The van der Waals surface area contributed by atoms with Gasteiger partial charge in [-0.2, -0.15) is 11.3 Å². The molecule has 3 nitrogen and oxygen atoms in total. The second-order valence-corrected chi connectivity index (χ2v) is 6.17. The Morgan fingerprint density at radius 1 is 1.47 bits per heavy atom. The monoisotopic (exact) mass is 336 g/mol. The molecule has 1 fully saturated rings. The number of hydrogen-bond acceptors (Lipinski definition) is 3. The zero-order valence-corrected chi connectivity index (χ0v) is 12.7. The molecule has 1 unspecified atom stereocenters. The first kappa shape index (κ1) is 12.8. The molecule has 19 heavy (non-hydrogen) atoms. The molecule has 1 saturated heterocycles. The minimum atomic E-state index is 0.0943. The van der Waals surface area contributed by atoms with Gasteiger partial charge in [0.1, 0.15) is 4.60 Å². The Bertz CT molecular complexity index is 585. The molecule has 0 N–H and O–H groups in total. The highest BCUT2D eigenvalue weighted by atomic mass is 79.9. The fourth-order valence-electron chi connectivity index (χ4n) is 2.52. The molecule has 1 atom stereocenters. The summed E-state index contributed by atoms with van der Waals surface area (Å²) in [5, 5.41) is 4.21. The summed E-state index contributed by atoms with van der Waals surface area (Å²) in [4.78, 5) is 18.6. The fraction of sp³-hybridized carbons (Fsp3) is 0.286. The molecular weight excluding hydrogens is 324 g/mol. The van der Waals surface area contributed by atoms with E-state index >= 15 is 0 Å². The molecule has 0 saturated carbocycles. The number of hydrogen-bond donors (Lipinski definition) is 0. The molecule has 3 heterocycles. The van der Waals surface area contributed by atoms with Crippen LogP contribution >= 0.6 is 27.3 Å². The summed E-state index contributed by atoms with van der Waals surface area (Å²) in [6, 6.07) is 5.90. The van der Waals surface area contributed by atoms with Crippen molar-refractivity contribution in [2.45, 2.75) is 18.9 Å².